The molecule has 2 rings (SSSR count). The van der Waals surface area contributed by atoms with E-state index in [1.54, 1.807) is 12.3 Å². The van der Waals surface area contributed by atoms with Crippen LogP contribution < -0.4 is 0 Å². The number of pyridine rings is 1. The topological polar surface area (TPSA) is 52.5 Å². The van der Waals surface area contributed by atoms with Crippen LogP contribution in [0.1, 0.15) is 5.69 Å². The minimum Gasteiger partial charge on any atom is -0.331 e. The van der Waals surface area contributed by atoms with E-state index < -0.39 is 0 Å². The molecule has 0 radical (unpaired) electrons. The van der Waals surface area contributed by atoms with Gasteiger partial charge in [-0.05, 0) is 28.1 Å². The summed E-state index contributed by atoms with van der Waals surface area (Å²) in [5.74, 6) is 0. The summed E-state index contributed by atoms with van der Waals surface area (Å²) in [6.45, 7) is 0. The average molecular weight is 222 g/mol. The van der Waals surface area contributed by atoms with Crippen LogP contribution >= 0.6 is 15.9 Å². The van der Waals surface area contributed by atoms with Gasteiger partial charge in [0.15, 0.2) is 0 Å². The second-order valence-electron chi connectivity index (χ2n) is 2.39. The van der Waals surface area contributed by atoms with Crippen LogP contribution in [-0.2, 0) is 0 Å². The molecule has 2 aromatic rings. The van der Waals surface area contributed by atoms with Crippen LogP contribution in [0.15, 0.2) is 22.8 Å². The Morgan fingerprint density at radius 3 is 3.08 bits per heavy atom. The summed E-state index contributed by atoms with van der Waals surface area (Å²) >= 11 is 3.30. The largest absolute Gasteiger partial charge is 0.331 e. The van der Waals surface area contributed by atoms with Crippen molar-refractivity contribution in [3.05, 3.63) is 28.5 Å². The van der Waals surface area contributed by atoms with Gasteiger partial charge in [-0.2, -0.15) is 5.26 Å². The fraction of sp³-hybridized carbons (Fsp3) is 0. The fourth-order valence-corrected chi connectivity index (χ4v) is 1.40. The van der Waals surface area contributed by atoms with Gasteiger partial charge in [0.1, 0.15) is 17.4 Å². The van der Waals surface area contributed by atoms with Crippen LogP contribution in [0.5, 0.6) is 0 Å². The van der Waals surface area contributed by atoms with Gasteiger partial charge in [-0.1, -0.05) is 0 Å². The van der Waals surface area contributed by atoms with Crippen molar-refractivity contribution in [3.63, 3.8) is 0 Å². The van der Waals surface area contributed by atoms with Crippen molar-refractivity contribution in [2.45, 2.75) is 0 Å². The lowest BCUT2D eigenvalue weighted by molar-refractivity contribution is 1.29. The first kappa shape index (κ1) is 7.32. The van der Waals surface area contributed by atoms with Gasteiger partial charge < -0.3 is 4.98 Å². The third-order valence-electron chi connectivity index (χ3n) is 1.56. The molecule has 0 saturated carbocycles. The maximum atomic E-state index is 8.59. The third kappa shape index (κ3) is 1.08. The van der Waals surface area contributed by atoms with Crippen LogP contribution in [0.4, 0.5) is 0 Å². The molecule has 0 amide bonds. The highest BCUT2D eigenvalue weighted by atomic mass is 79.9. The zero-order valence-electron chi connectivity index (χ0n) is 6.00. The van der Waals surface area contributed by atoms with E-state index in [1.807, 2.05) is 12.1 Å². The molecule has 0 bridgehead atoms. The first-order valence-corrected chi connectivity index (χ1v) is 4.13. The van der Waals surface area contributed by atoms with E-state index in [4.69, 9.17) is 5.26 Å². The molecule has 2 heterocycles. The predicted octanol–water partition coefficient (Wildman–Crippen LogP) is 2.20. The molecule has 0 aliphatic rings. The normalized spacial score (nSPS) is 10.0. The predicted molar refractivity (Wildman–Crippen MR) is 48.5 cm³/mol. The minimum absolute atomic E-state index is 0.538. The zero-order valence-corrected chi connectivity index (χ0v) is 7.59. The lowest BCUT2D eigenvalue weighted by Crippen LogP contribution is -1.75. The number of nitrogens with one attached hydrogen (secondary N) is 1. The number of aromatic nitrogens is 2. The van der Waals surface area contributed by atoms with E-state index in [9.17, 15) is 0 Å². The van der Waals surface area contributed by atoms with Crippen LogP contribution in [0, 0.1) is 11.3 Å². The number of H-pyrrole nitrogens is 1. The lowest BCUT2D eigenvalue weighted by atomic mass is 10.3. The molecule has 2 aromatic heterocycles. The Labute approximate surface area is 77.2 Å². The molecule has 0 aliphatic heterocycles. The number of halogens is 1. The van der Waals surface area contributed by atoms with Gasteiger partial charge in [0, 0.05) is 16.1 Å². The molecule has 1 N–H and O–H groups in total. The van der Waals surface area contributed by atoms with Crippen molar-refractivity contribution in [2.75, 3.05) is 0 Å². The quantitative estimate of drug-likeness (QED) is 0.742. The number of nitrogens with zero attached hydrogens (tertiary/aromatic N) is 2. The molecule has 3 nitrogen and oxygen atoms in total. The summed E-state index contributed by atoms with van der Waals surface area (Å²) in [5, 5.41) is 9.53. The summed E-state index contributed by atoms with van der Waals surface area (Å²) in [5.41, 5.74) is 1.28. The molecular weight excluding hydrogens is 218 g/mol. The molecule has 0 saturated heterocycles. The van der Waals surface area contributed by atoms with Gasteiger partial charge in [0.2, 0.25) is 0 Å². The van der Waals surface area contributed by atoms with E-state index in [0.29, 0.717) is 5.69 Å². The van der Waals surface area contributed by atoms with Crippen LogP contribution in [0.25, 0.3) is 11.0 Å². The number of hydrogen-bond acceptors (Lipinski definition) is 2. The summed E-state index contributed by atoms with van der Waals surface area (Å²) in [4.78, 5) is 6.98. The molecule has 0 fully saturated rings. The molecule has 4 heteroatoms. The first-order chi connectivity index (χ1) is 5.79. The SMILES string of the molecule is N#Cc1cc2cc(Br)cnc2[nH]1. The first-order valence-electron chi connectivity index (χ1n) is 3.34. The Balaban J connectivity index is 2.77. The van der Waals surface area contributed by atoms with Gasteiger partial charge in [-0.25, -0.2) is 4.98 Å². The van der Waals surface area contributed by atoms with Gasteiger partial charge in [-0.3, -0.25) is 0 Å². The number of fused-ring (bicyclic) bond motifs is 1. The molecule has 0 aliphatic carbocycles. The smallest absolute Gasteiger partial charge is 0.138 e. The van der Waals surface area contributed by atoms with E-state index >= 15 is 0 Å². The molecule has 0 atom stereocenters. The molecule has 0 aromatic carbocycles. The molecule has 0 spiro atoms. The van der Waals surface area contributed by atoms with E-state index in [1.165, 1.54) is 0 Å². The summed E-state index contributed by atoms with van der Waals surface area (Å²) < 4.78 is 0.915. The number of nitriles is 1. The molecular formula is C8H4BrN3. The maximum Gasteiger partial charge on any atom is 0.138 e. The fourth-order valence-electron chi connectivity index (χ4n) is 1.05. The van der Waals surface area contributed by atoms with Crippen molar-refractivity contribution in [1.82, 2.24) is 9.97 Å². The number of rotatable bonds is 0. The van der Waals surface area contributed by atoms with Crippen molar-refractivity contribution < 1.29 is 0 Å². The van der Waals surface area contributed by atoms with Crippen LogP contribution in [0.3, 0.4) is 0 Å². The highest BCUT2D eigenvalue weighted by Gasteiger charge is 2.00. The third-order valence-corrected chi connectivity index (χ3v) is 1.99. The Kier molecular flexibility index (Phi) is 1.59. The molecule has 58 valence electrons. The molecule has 0 unspecified atom stereocenters. The summed E-state index contributed by atoms with van der Waals surface area (Å²) in [6.07, 6.45) is 1.69. The Morgan fingerprint density at radius 1 is 1.50 bits per heavy atom. The number of aromatic amines is 1. The van der Waals surface area contributed by atoms with Crippen molar-refractivity contribution in [1.29, 1.82) is 5.26 Å². The Bertz CT molecular complexity index is 467. The Morgan fingerprint density at radius 2 is 2.33 bits per heavy atom. The standard InChI is InChI=1S/C8H4BrN3/c9-6-1-5-2-7(3-10)12-8(5)11-4-6/h1-2,4H,(H,11,12). The highest BCUT2D eigenvalue weighted by molar-refractivity contribution is 9.10. The van der Waals surface area contributed by atoms with Crippen molar-refractivity contribution in [2.24, 2.45) is 0 Å². The highest BCUT2D eigenvalue weighted by Crippen LogP contribution is 2.17. The van der Waals surface area contributed by atoms with Gasteiger partial charge in [0.25, 0.3) is 0 Å². The van der Waals surface area contributed by atoms with Crippen LogP contribution in [-0.4, -0.2) is 9.97 Å². The Hall–Kier alpha value is -1.34. The second-order valence-corrected chi connectivity index (χ2v) is 3.30. The van der Waals surface area contributed by atoms with E-state index in [2.05, 4.69) is 25.9 Å². The van der Waals surface area contributed by atoms with Gasteiger partial charge in [-0.15, -0.1) is 0 Å². The monoisotopic (exact) mass is 221 g/mol. The zero-order chi connectivity index (χ0) is 8.55. The number of hydrogen-bond donors (Lipinski definition) is 1. The second kappa shape index (κ2) is 2.61. The minimum atomic E-state index is 0.538. The van der Waals surface area contributed by atoms with Gasteiger partial charge in [0.05, 0.1) is 0 Å². The molecule has 12 heavy (non-hydrogen) atoms. The van der Waals surface area contributed by atoms with E-state index in [0.717, 1.165) is 15.5 Å². The average Bonchev–Trinajstić information content (AvgIpc) is 2.46. The van der Waals surface area contributed by atoms with Gasteiger partial charge >= 0.3 is 0 Å². The van der Waals surface area contributed by atoms with E-state index in [-0.39, 0.29) is 0 Å². The van der Waals surface area contributed by atoms with Crippen molar-refractivity contribution >= 4 is 27.0 Å². The lowest BCUT2D eigenvalue weighted by Gasteiger charge is -1.88. The van der Waals surface area contributed by atoms with Crippen molar-refractivity contribution in [3.8, 4) is 6.07 Å². The van der Waals surface area contributed by atoms with Crippen LogP contribution in [0.2, 0.25) is 0 Å². The summed E-state index contributed by atoms with van der Waals surface area (Å²) in [6, 6.07) is 5.71. The maximum absolute atomic E-state index is 8.59. The summed E-state index contributed by atoms with van der Waals surface area (Å²) in [7, 11) is 0.